The summed E-state index contributed by atoms with van der Waals surface area (Å²) >= 11 is 0. The van der Waals surface area contributed by atoms with Crippen molar-refractivity contribution in [3.05, 3.63) is 0 Å². The zero-order valence-corrected chi connectivity index (χ0v) is 43.7. The Morgan fingerprint density at radius 2 is 0.657 bits per heavy atom. The minimum Gasteiger partial charge on any atom is -0.466 e. The lowest BCUT2D eigenvalue weighted by molar-refractivity contribution is -0.171. The van der Waals surface area contributed by atoms with E-state index >= 15 is 0 Å². The molecule has 0 saturated heterocycles. The summed E-state index contributed by atoms with van der Waals surface area (Å²) in [4.78, 5) is 79.6. The molecule has 0 bridgehead atoms. The largest absolute Gasteiger partial charge is 0.466 e. The quantitative estimate of drug-likeness (QED) is 0.0322. The maximum atomic E-state index is 13.5. The monoisotopic (exact) mass is 954 g/mol. The number of carbonyl (C=O) groups is 6. The van der Waals surface area contributed by atoms with E-state index in [0.29, 0.717) is 26.2 Å². The standard InChI is InChI=1S/C54H99NO12/c1-7-11-15-17-19-21-23-27-40-62-48(56)34-29-36-50(58)64-43-54(45-66-52(60)38-31-39-55(5)6,46-67-53(61)42-47(32-25-13-9-3)33-26-14-10-4)44-65-51(59)37-30-35-49(57)63-41-28-24-22-20-18-16-12-8-2/h47H,7-46H2,1-6H3. The van der Waals surface area contributed by atoms with Crippen LogP contribution in [0.15, 0.2) is 0 Å². The molecular formula is C54H99NO12. The second-order valence-corrected chi connectivity index (χ2v) is 19.2. The van der Waals surface area contributed by atoms with Crippen LogP contribution in [-0.4, -0.2) is 101 Å². The Morgan fingerprint density at radius 1 is 0.358 bits per heavy atom. The molecule has 0 unspecified atom stereocenters. The van der Waals surface area contributed by atoms with Gasteiger partial charge in [-0.2, -0.15) is 0 Å². The maximum Gasteiger partial charge on any atom is 0.306 e. The summed E-state index contributed by atoms with van der Waals surface area (Å²) in [7, 11) is 3.82. The minimum atomic E-state index is -1.41. The molecule has 0 aromatic carbocycles. The van der Waals surface area contributed by atoms with E-state index < -0.39 is 29.3 Å². The summed E-state index contributed by atoms with van der Waals surface area (Å²) in [5.41, 5.74) is -1.41. The number of ether oxygens (including phenoxy) is 6. The fourth-order valence-corrected chi connectivity index (χ4v) is 7.69. The van der Waals surface area contributed by atoms with E-state index in [1.807, 2.05) is 19.0 Å². The predicted molar refractivity (Wildman–Crippen MR) is 265 cm³/mol. The van der Waals surface area contributed by atoms with Crippen LogP contribution in [0.4, 0.5) is 0 Å². The van der Waals surface area contributed by atoms with E-state index in [4.69, 9.17) is 28.4 Å². The molecule has 0 aliphatic heterocycles. The molecule has 0 radical (unpaired) electrons. The second kappa shape index (κ2) is 45.2. The van der Waals surface area contributed by atoms with Crippen LogP contribution in [0.3, 0.4) is 0 Å². The Balaban J connectivity index is 5.71. The first-order valence-corrected chi connectivity index (χ1v) is 27.0. The van der Waals surface area contributed by atoms with Gasteiger partial charge in [-0.3, -0.25) is 28.8 Å². The van der Waals surface area contributed by atoms with Crippen molar-refractivity contribution in [2.45, 2.75) is 240 Å². The zero-order valence-electron chi connectivity index (χ0n) is 43.7. The van der Waals surface area contributed by atoms with Crippen molar-refractivity contribution < 1.29 is 57.2 Å². The molecule has 0 fully saturated rings. The summed E-state index contributed by atoms with van der Waals surface area (Å²) in [5, 5.41) is 0. The summed E-state index contributed by atoms with van der Waals surface area (Å²) in [6.07, 6.45) is 27.7. The van der Waals surface area contributed by atoms with Gasteiger partial charge >= 0.3 is 35.8 Å². The van der Waals surface area contributed by atoms with E-state index in [2.05, 4.69) is 27.7 Å². The van der Waals surface area contributed by atoms with Crippen LogP contribution in [0.2, 0.25) is 0 Å². The highest BCUT2D eigenvalue weighted by Crippen LogP contribution is 2.26. The minimum absolute atomic E-state index is 0.0570. The number of hydrogen-bond acceptors (Lipinski definition) is 13. The van der Waals surface area contributed by atoms with Crippen molar-refractivity contribution in [3.8, 4) is 0 Å². The van der Waals surface area contributed by atoms with E-state index in [9.17, 15) is 28.8 Å². The van der Waals surface area contributed by atoms with Gasteiger partial charge in [-0.1, -0.05) is 156 Å². The molecule has 0 atom stereocenters. The van der Waals surface area contributed by atoms with E-state index in [1.54, 1.807) is 0 Å². The van der Waals surface area contributed by atoms with Gasteiger partial charge < -0.3 is 33.3 Å². The molecule has 0 aromatic rings. The highest BCUT2D eigenvalue weighted by Gasteiger charge is 2.38. The second-order valence-electron chi connectivity index (χ2n) is 19.2. The molecule has 13 nitrogen and oxygen atoms in total. The Labute approximate surface area is 407 Å². The van der Waals surface area contributed by atoms with E-state index in [0.717, 1.165) is 89.9 Å². The van der Waals surface area contributed by atoms with Gasteiger partial charge in [0.25, 0.3) is 0 Å². The lowest BCUT2D eigenvalue weighted by atomic mass is 9.91. The van der Waals surface area contributed by atoms with Gasteiger partial charge in [0.15, 0.2) is 0 Å². The molecule has 0 saturated carbocycles. The third kappa shape index (κ3) is 41.5. The van der Waals surface area contributed by atoms with Crippen molar-refractivity contribution in [1.82, 2.24) is 4.90 Å². The summed E-state index contributed by atoms with van der Waals surface area (Å²) < 4.78 is 33.9. The molecule has 0 rings (SSSR count). The fraction of sp³-hybridized carbons (Fsp3) is 0.889. The van der Waals surface area contributed by atoms with Crippen LogP contribution in [0.1, 0.15) is 240 Å². The number of carbonyl (C=O) groups excluding carboxylic acids is 6. The van der Waals surface area contributed by atoms with Crippen LogP contribution < -0.4 is 0 Å². The van der Waals surface area contributed by atoms with Crippen LogP contribution in [0.25, 0.3) is 0 Å². The molecule has 0 heterocycles. The summed E-state index contributed by atoms with van der Waals surface area (Å²) in [6, 6.07) is 0. The van der Waals surface area contributed by atoms with Gasteiger partial charge in [-0.25, -0.2) is 0 Å². The van der Waals surface area contributed by atoms with Crippen molar-refractivity contribution in [1.29, 1.82) is 0 Å². The Kier molecular flexibility index (Phi) is 43.1. The number of hydrogen-bond donors (Lipinski definition) is 0. The van der Waals surface area contributed by atoms with Crippen LogP contribution in [0, 0.1) is 11.3 Å². The maximum absolute atomic E-state index is 13.5. The molecule has 0 aliphatic rings. The molecule has 0 N–H and O–H groups in total. The summed E-state index contributed by atoms with van der Waals surface area (Å²) in [5.74, 6) is -2.70. The van der Waals surface area contributed by atoms with Gasteiger partial charge in [0.05, 0.1) is 13.2 Å². The number of unbranched alkanes of at least 4 members (excludes halogenated alkanes) is 18. The Hall–Kier alpha value is -3.22. The van der Waals surface area contributed by atoms with E-state index in [-0.39, 0.29) is 95.7 Å². The average Bonchev–Trinajstić information content (AvgIpc) is 3.30. The van der Waals surface area contributed by atoms with Crippen molar-refractivity contribution in [2.24, 2.45) is 11.3 Å². The molecule has 0 amide bonds. The number of esters is 6. The van der Waals surface area contributed by atoms with Gasteiger partial charge in [0.2, 0.25) is 0 Å². The summed E-state index contributed by atoms with van der Waals surface area (Å²) in [6.45, 7) is 8.67. The number of rotatable bonds is 48. The van der Waals surface area contributed by atoms with Gasteiger partial charge in [0.1, 0.15) is 31.8 Å². The van der Waals surface area contributed by atoms with Crippen LogP contribution in [-0.2, 0) is 57.2 Å². The molecule has 0 spiro atoms. The molecule has 67 heavy (non-hydrogen) atoms. The molecule has 0 aliphatic carbocycles. The third-order valence-corrected chi connectivity index (χ3v) is 12.1. The van der Waals surface area contributed by atoms with Gasteiger partial charge in [0, 0.05) is 38.5 Å². The topological polar surface area (TPSA) is 161 Å². The molecule has 392 valence electrons. The molecule has 13 heteroatoms. The van der Waals surface area contributed by atoms with Crippen LogP contribution >= 0.6 is 0 Å². The smallest absolute Gasteiger partial charge is 0.306 e. The predicted octanol–water partition coefficient (Wildman–Crippen LogP) is 12.4. The fourth-order valence-electron chi connectivity index (χ4n) is 7.69. The highest BCUT2D eigenvalue weighted by molar-refractivity contribution is 5.73. The third-order valence-electron chi connectivity index (χ3n) is 12.1. The van der Waals surface area contributed by atoms with Crippen molar-refractivity contribution in [3.63, 3.8) is 0 Å². The Bertz CT molecular complexity index is 1190. The number of nitrogens with zero attached hydrogens (tertiary/aromatic N) is 1. The van der Waals surface area contributed by atoms with Gasteiger partial charge in [-0.05, 0) is 71.5 Å². The van der Waals surface area contributed by atoms with E-state index in [1.165, 1.54) is 64.2 Å². The SMILES string of the molecule is CCCCCCCCCCOC(=O)CCCC(=O)OCC(COC(=O)CCCC(=O)OCCCCCCCCCC)(COC(=O)CCCN(C)C)COC(=O)CC(CCCCC)CCCCC. The van der Waals surface area contributed by atoms with Crippen molar-refractivity contribution >= 4 is 35.8 Å². The normalized spacial score (nSPS) is 11.5. The van der Waals surface area contributed by atoms with Gasteiger partial charge in [-0.15, -0.1) is 0 Å². The van der Waals surface area contributed by atoms with Crippen LogP contribution in [0.5, 0.6) is 0 Å². The lowest BCUT2D eigenvalue weighted by Gasteiger charge is -2.32. The first-order chi connectivity index (χ1) is 32.4. The first kappa shape index (κ1) is 63.8. The molecular weight excluding hydrogens is 855 g/mol. The lowest BCUT2D eigenvalue weighted by Crippen LogP contribution is -2.44. The van der Waals surface area contributed by atoms with Crippen molar-refractivity contribution in [2.75, 3.05) is 60.3 Å². The average molecular weight is 954 g/mol. The Morgan fingerprint density at radius 3 is 1.01 bits per heavy atom. The highest BCUT2D eigenvalue weighted by atomic mass is 16.6. The zero-order chi connectivity index (χ0) is 49.6. The molecule has 0 aromatic heterocycles. The first-order valence-electron chi connectivity index (χ1n) is 27.0.